The molecule has 0 aliphatic carbocycles. The van der Waals surface area contributed by atoms with E-state index in [4.69, 9.17) is 0 Å². The van der Waals surface area contributed by atoms with Crippen LogP contribution < -0.4 is 10.6 Å². The topological polar surface area (TPSA) is 41.1 Å². The van der Waals surface area contributed by atoms with Crippen molar-refractivity contribution in [3.8, 4) is 0 Å². The first-order chi connectivity index (χ1) is 6.24. The van der Waals surface area contributed by atoms with Gasteiger partial charge in [0, 0.05) is 11.8 Å². The number of carbonyl (C=O) groups is 1. The van der Waals surface area contributed by atoms with Gasteiger partial charge in [0.25, 0.3) is 0 Å². The molecule has 0 aromatic rings. The van der Waals surface area contributed by atoms with E-state index < -0.39 is 0 Å². The highest BCUT2D eigenvalue weighted by atomic mass is 35.5. The van der Waals surface area contributed by atoms with Crippen LogP contribution in [0.4, 0.5) is 0 Å². The van der Waals surface area contributed by atoms with E-state index >= 15 is 0 Å². The third-order valence-electron chi connectivity index (χ3n) is 2.34. The zero-order valence-electron chi connectivity index (χ0n) is 8.71. The van der Waals surface area contributed by atoms with Gasteiger partial charge in [0.05, 0.1) is 6.04 Å². The van der Waals surface area contributed by atoms with E-state index in [1.807, 2.05) is 0 Å². The molecular formula is C9H19ClN2OS. The van der Waals surface area contributed by atoms with Crippen molar-refractivity contribution < 1.29 is 4.79 Å². The summed E-state index contributed by atoms with van der Waals surface area (Å²) in [6.45, 7) is 3.88. The van der Waals surface area contributed by atoms with E-state index in [2.05, 4.69) is 23.8 Å². The number of carbonyl (C=O) groups excluding carboxylic acids is 1. The lowest BCUT2D eigenvalue weighted by molar-refractivity contribution is -0.122. The van der Waals surface area contributed by atoms with Gasteiger partial charge in [0.15, 0.2) is 0 Å². The molecule has 3 nitrogen and oxygen atoms in total. The summed E-state index contributed by atoms with van der Waals surface area (Å²) in [7, 11) is 0. The van der Waals surface area contributed by atoms with Crippen LogP contribution in [0.2, 0.25) is 0 Å². The van der Waals surface area contributed by atoms with E-state index in [1.54, 1.807) is 11.8 Å². The Bertz CT molecular complexity index is 174. The van der Waals surface area contributed by atoms with Crippen molar-refractivity contribution in [1.29, 1.82) is 0 Å². The Labute approximate surface area is 96.2 Å². The smallest absolute Gasteiger partial charge is 0.237 e. The lowest BCUT2D eigenvalue weighted by Gasteiger charge is -2.13. The van der Waals surface area contributed by atoms with Gasteiger partial charge < -0.3 is 10.6 Å². The summed E-state index contributed by atoms with van der Waals surface area (Å²) in [6, 6.07) is 0.0639. The molecule has 1 aliphatic heterocycles. The lowest BCUT2D eigenvalue weighted by atomic mass is 10.2. The van der Waals surface area contributed by atoms with Gasteiger partial charge in [-0.1, -0.05) is 6.92 Å². The molecule has 84 valence electrons. The van der Waals surface area contributed by atoms with Gasteiger partial charge >= 0.3 is 0 Å². The van der Waals surface area contributed by atoms with Crippen LogP contribution in [0.5, 0.6) is 0 Å². The fourth-order valence-electron chi connectivity index (χ4n) is 1.36. The molecule has 5 heteroatoms. The van der Waals surface area contributed by atoms with Crippen LogP contribution in [0.1, 0.15) is 19.8 Å². The normalized spacial score (nSPS) is 22.6. The van der Waals surface area contributed by atoms with Crippen LogP contribution in [-0.4, -0.2) is 36.5 Å². The van der Waals surface area contributed by atoms with Gasteiger partial charge in [-0.3, -0.25) is 4.79 Å². The summed E-state index contributed by atoms with van der Waals surface area (Å²) in [5, 5.41) is 6.64. The van der Waals surface area contributed by atoms with E-state index in [9.17, 15) is 4.79 Å². The molecule has 0 saturated carbocycles. The number of nitrogens with one attached hydrogen (secondary N) is 2. The number of thioether (sulfide) groups is 1. The van der Waals surface area contributed by atoms with Crippen molar-refractivity contribution in [2.75, 3.05) is 19.3 Å². The molecule has 2 unspecified atom stereocenters. The van der Waals surface area contributed by atoms with Gasteiger partial charge in [-0.2, -0.15) is 11.8 Å². The number of hydrogen-bond acceptors (Lipinski definition) is 3. The van der Waals surface area contributed by atoms with E-state index in [1.165, 1.54) is 0 Å². The average Bonchev–Trinajstić information content (AvgIpc) is 2.66. The van der Waals surface area contributed by atoms with Gasteiger partial charge in [-0.05, 0) is 25.6 Å². The largest absolute Gasteiger partial charge is 0.354 e. The Morgan fingerprint density at radius 3 is 2.93 bits per heavy atom. The maximum atomic E-state index is 11.5. The summed E-state index contributed by atoms with van der Waals surface area (Å²) in [6.07, 6.45) is 4.17. The molecule has 14 heavy (non-hydrogen) atoms. The van der Waals surface area contributed by atoms with Crippen molar-refractivity contribution in [2.24, 2.45) is 0 Å². The molecule has 0 aromatic heterocycles. The monoisotopic (exact) mass is 238 g/mol. The van der Waals surface area contributed by atoms with Crippen LogP contribution in [-0.2, 0) is 4.79 Å². The summed E-state index contributed by atoms with van der Waals surface area (Å²) in [4.78, 5) is 11.5. The van der Waals surface area contributed by atoms with Crippen molar-refractivity contribution in [3.05, 3.63) is 0 Å². The zero-order chi connectivity index (χ0) is 9.68. The first kappa shape index (κ1) is 14.1. The van der Waals surface area contributed by atoms with Crippen LogP contribution in [0.3, 0.4) is 0 Å². The quantitative estimate of drug-likeness (QED) is 0.769. The van der Waals surface area contributed by atoms with Crippen molar-refractivity contribution in [1.82, 2.24) is 10.6 Å². The van der Waals surface area contributed by atoms with Crippen LogP contribution in [0.25, 0.3) is 0 Å². The molecule has 2 atom stereocenters. The number of halogens is 1. The second kappa shape index (κ2) is 7.37. The van der Waals surface area contributed by atoms with Gasteiger partial charge in [0.1, 0.15) is 0 Å². The predicted octanol–water partition coefficient (Wildman–Crippen LogP) is 1.03. The second-order valence-electron chi connectivity index (χ2n) is 3.44. The molecule has 1 amide bonds. The molecule has 0 radical (unpaired) electrons. The molecule has 1 fully saturated rings. The highest BCUT2D eigenvalue weighted by Gasteiger charge is 2.21. The summed E-state index contributed by atoms with van der Waals surface area (Å²) in [5.41, 5.74) is 0. The molecule has 0 aromatic carbocycles. The second-order valence-corrected chi connectivity index (χ2v) is 4.72. The Balaban J connectivity index is 0.00000169. The summed E-state index contributed by atoms with van der Waals surface area (Å²) >= 11 is 1.77. The Kier molecular flexibility index (Phi) is 7.41. The molecular weight excluding hydrogens is 220 g/mol. The summed E-state index contributed by atoms with van der Waals surface area (Å²) in [5.74, 6) is 0.165. The molecule has 1 aliphatic rings. The minimum atomic E-state index is 0. The first-order valence-corrected chi connectivity index (χ1v) is 6.06. The number of hydrogen-bond donors (Lipinski definition) is 2. The Hall–Kier alpha value is 0.0700. The molecule has 1 saturated heterocycles. The lowest BCUT2D eigenvalue weighted by Crippen LogP contribution is -2.42. The Morgan fingerprint density at radius 2 is 2.43 bits per heavy atom. The fraction of sp³-hybridized carbons (Fsp3) is 0.889. The minimum Gasteiger partial charge on any atom is -0.354 e. The van der Waals surface area contributed by atoms with Crippen molar-refractivity contribution in [3.63, 3.8) is 0 Å². The molecule has 0 bridgehead atoms. The fourth-order valence-corrected chi connectivity index (χ4v) is 1.61. The predicted molar refractivity (Wildman–Crippen MR) is 64.3 cm³/mol. The standard InChI is InChI=1S/C9H18N2OS.ClH/c1-7(13-2)6-11-9(12)8-4-3-5-10-8;/h7-8,10H,3-6H2,1-2H3,(H,11,12);1H. The van der Waals surface area contributed by atoms with Crippen molar-refractivity contribution in [2.45, 2.75) is 31.1 Å². The minimum absolute atomic E-state index is 0. The number of amides is 1. The first-order valence-electron chi connectivity index (χ1n) is 4.78. The molecule has 1 heterocycles. The Morgan fingerprint density at radius 1 is 1.71 bits per heavy atom. The third-order valence-corrected chi connectivity index (χ3v) is 3.31. The van der Waals surface area contributed by atoms with E-state index in [-0.39, 0.29) is 24.4 Å². The maximum Gasteiger partial charge on any atom is 0.237 e. The molecule has 1 rings (SSSR count). The molecule has 2 N–H and O–H groups in total. The van der Waals surface area contributed by atoms with Crippen LogP contribution >= 0.6 is 24.2 Å². The van der Waals surface area contributed by atoms with Gasteiger partial charge in [-0.25, -0.2) is 0 Å². The van der Waals surface area contributed by atoms with Crippen LogP contribution in [0.15, 0.2) is 0 Å². The SMILES string of the molecule is CSC(C)CNC(=O)C1CCCN1.Cl. The summed E-state index contributed by atoms with van der Waals surface area (Å²) < 4.78 is 0. The van der Waals surface area contributed by atoms with Crippen LogP contribution in [0, 0.1) is 0 Å². The average molecular weight is 239 g/mol. The zero-order valence-corrected chi connectivity index (χ0v) is 10.3. The van der Waals surface area contributed by atoms with E-state index in [0.717, 1.165) is 25.9 Å². The highest BCUT2D eigenvalue weighted by molar-refractivity contribution is 7.99. The van der Waals surface area contributed by atoms with Crippen molar-refractivity contribution >= 4 is 30.1 Å². The van der Waals surface area contributed by atoms with Gasteiger partial charge in [-0.15, -0.1) is 12.4 Å². The maximum absolute atomic E-state index is 11.5. The highest BCUT2D eigenvalue weighted by Crippen LogP contribution is 2.06. The van der Waals surface area contributed by atoms with E-state index in [0.29, 0.717) is 5.25 Å². The number of rotatable bonds is 4. The van der Waals surface area contributed by atoms with Gasteiger partial charge in [0.2, 0.25) is 5.91 Å². The molecule has 0 spiro atoms. The third kappa shape index (κ3) is 4.53.